The molecule has 0 bridgehead atoms. The highest BCUT2D eigenvalue weighted by Gasteiger charge is 2.33. The van der Waals surface area contributed by atoms with Gasteiger partial charge in [0.2, 0.25) is 5.89 Å². The van der Waals surface area contributed by atoms with E-state index >= 15 is 0 Å². The Kier molecular flexibility index (Phi) is 5.70. The van der Waals surface area contributed by atoms with E-state index in [9.17, 15) is 4.79 Å². The van der Waals surface area contributed by atoms with E-state index < -0.39 is 5.41 Å². The summed E-state index contributed by atoms with van der Waals surface area (Å²) in [5.74, 6) is 1.47. The molecular weight excluding hydrogens is 434 g/mol. The number of fused-ring (bicyclic) bond motifs is 1. The minimum Gasteiger partial charge on any atom is -0.338 e. The molecule has 1 fully saturated rings. The number of hydrogen-bond donors (Lipinski definition) is 0. The summed E-state index contributed by atoms with van der Waals surface area (Å²) in [7, 11) is 0. The molecule has 0 spiro atoms. The van der Waals surface area contributed by atoms with Crippen molar-refractivity contribution < 1.29 is 9.32 Å². The van der Waals surface area contributed by atoms with Crippen LogP contribution in [0.3, 0.4) is 0 Å². The van der Waals surface area contributed by atoms with Gasteiger partial charge in [-0.05, 0) is 57.2 Å². The molecular formula is C25H27N5O2S. The van der Waals surface area contributed by atoms with Crippen LogP contribution in [0.5, 0.6) is 0 Å². The molecule has 1 saturated heterocycles. The van der Waals surface area contributed by atoms with Gasteiger partial charge >= 0.3 is 0 Å². The molecule has 0 unspecified atom stereocenters. The quantitative estimate of drug-likeness (QED) is 0.388. The number of pyridine rings is 1. The Morgan fingerprint density at radius 2 is 2.06 bits per heavy atom. The Hall–Kier alpha value is -3.13. The lowest BCUT2D eigenvalue weighted by Gasteiger charge is -2.22. The first kappa shape index (κ1) is 21.7. The fourth-order valence-electron chi connectivity index (χ4n) is 4.36. The van der Waals surface area contributed by atoms with E-state index in [0.717, 1.165) is 41.2 Å². The summed E-state index contributed by atoms with van der Waals surface area (Å²) in [6.07, 6.45) is 5.04. The molecule has 1 atom stereocenters. The van der Waals surface area contributed by atoms with Gasteiger partial charge < -0.3 is 9.42 Å². The third-order valence-corrected chi connectivity index (χ3v) is 7.42. The predicted molar refractivity (Wildman–Crippen MR) is 129 cm³/mol. The lowest BCUT2D eigenvalue weighted by molar-refractivity contribution is -0.120. The van der Waals surface area contributed by atoms with Gasteiger partial charge in [0.15, 0.2) is 22.4 Å². The number of benzene rings is 1. The van der Waals surface area contributed by atoms with E-state index in [-0.39, 0.29) is 11.8 Å². The van der Waals surface area contributed by atoms with E-state index in [0.29, 0.717) is 23.8 Å². The van der Waals surface area contributed by atoms with Gasteiger partial charge in [0.05, 0.1) is 16.2 Å². The molecule has 1 aromatic carbocycles. The average molecular weight is 462 g/mol. The second-order valence-electron chi connectivity index (χ2n) is 9.12. The summed E-state index contributed by atoms with van der Waals surface area (Å²) < 4.78 is 6.43. The van der Waals surface area contributed by atoms with Crippen molar-refractivity contribution in [3.8, 4) is 0 Å². The second-order valence-corrected chi connectivity index (χ2v) is 10.1. The van der Waals surface area contributed by atoms with Crippen LogP contribution < -0.4 is 4.90 Å². The van der Waals surface area contributed by atoms with Gasteiger partial charge in [-0.25, -0.2) is 4.98 Å². The highest BCUT2D eigenvalue weighted by molar-refractivity contribution is 7.22. The molecule has 3 aromatic heterocycles. The zero-order chi connectivity index (χ0) is 23.0. The van der Waals surface area contributed by atoms with Crippen molar-refractivity contribution in [3.05, 3.63) is 65.4 Å². The van der Waals surface area contributed by atoms with Crippen LogP contribution in [-0.2, 0) is 16.6 Å². The lowest BCUT2D eigenvalue weighted by atomic mass is 9.85. The number of carbonyl (C=O) groups excluding carboxylic acids is 1. The molecule has 170 valence electrons. The van der Waals surface area contributed by atoms with Crippen LogP contribution in [-0.4, -0.2) is 38.5 Å². The second kappa shape index (κ2) is 8.67. The summed E-state index contributed by atoms with van der Waals surface area (Å²) in [4.78, 5) is 29.0. The number of rotatable bonds is 7. The maximum Gasteiger partial charge on any atom is 0.236 e. The number of carbonyl (C=O) groups is 1. The van der Waals surface area contributed by atoms with Crippen LogP contribution in [0.25, 0.3) is 10.3 Å². The number of ketones is 1. The largest absolute Gasteiger partial charge is 0.338 e. The van der Waals surface area contributed by atoms with Gasteiger partial charge in [0.25, 0.3) is 0 Å². The number of nitrogens with zero attached hydrogens (tertiary/aromatic N) is 5. The van der Waals surface area contributed by atoms with E-state index in [4.69, 9.17) is 9.51 Å². The number of aromatic nitrogens is 4. The molecule has 4 heterocycles. The zero-order valence-corrected chi connectivity index (χ0v) is 19.9. The minimum atomic E-state index is -0.462. The maximum absolute atomic E-state index is 13.1. The van der Waals surface area contributed by atoms with Gasteiger partial charge in [0, 0.05) is 19.2 Å². The molecule has 0 saturated carbocycles. The van der Waals surface area contributed by atoms with Crippen molar-refractivity contribution in [2.24, 2.45) is 0 Å². The van der Waals surface area contributed by atoms with Crippen LogP contribution in [0.1, 0.15) is 56.0 Å². The van der Waals surface area contributed by atoms with Crippen LogP contribution in [0.15, 0.2) is 47.1 Å². The number of aryl methyl sites for hydroxylation is 2. The van der Waals surface area contributed by atoms with Gasteiger partial charge in [-0.3, -0.25) is 4.79 Å². The molecule has 7 nitrogen and oxygen atoms in total. The van der Waals surface area contributed by atoms with Gasteiger partial charge in [-0.2, -0.15) is 9.97 Å². The molecule has 1 aliphatic heterocycles. The van der Waals surface area contributed by atoms with Crippen molar-refractivity contribution in [2.45, 2.75) is 57.9 Å². The summed E-state index contributed by atoms with van der Waals surface area (Å²) in [6, 6.07) is 12.2. The number of hydrogen-bond acceptors (Lipinski definition) is 8. The standard InChI is InChI=1S/C25H27N5O2S/c1-16-27-23(32-29-16)25(2,3)18-14-21-22(26-15-18)28-24(33-21)30-13-7-10-19(30)20(31)12-11-17-8-5-4-6-9-17/h4-6,8-9,14-15,19H,7,10-13H2,1-3H3/t19-/m1/s1. The Morgan fingerprint density at radius 3 is 2.82 bits per heavy atom. The van der Waals surface area contributed by atoms with Crippen LogP contribution in [0, 0.1) is 6.92 Å². The monoisotopic (exact) mass is 461 g/mol. The number of thiazole rings is 1. The first-order valence-corrected chi connectivity index (χ1v) is 12.1. The maximum atomic E-state index is 13.1. The molecule has 4 aromatic rings. The van der Waals surface area contributed by atoms with E-state index in [1.54, 1.807) is 11.3 Å². The Labute approximate surface area is 196 Å². The third-order valence-electron chi connectivity index (χ3n) is 6.39. The summed E-state index contributed by atoms with van der Waals surface area (Å²) in [5.41, 5.74) is 2.44. The molecule has 33 heavy (non-hydrogen) atoms. The molecule has 0 N–H and O–H groups in total. The number of anilines is 1. The molecule has 5 rings (SSSR count). The molecule has 1 aliphatic rings. The van der Waals surface area contributed by atoms with E-state index in [1.165, 1.54) is 5.56 Å². The SMILES string of the molecule is Cc1noc(C(C)(C)c2cnc3nc(N4CCC[C@@H]4C(=O)CCc4ccccc4)sc3c2)n1. The summed E-state index contributed by atoms with van der Waals surface area (Å²) in [6.45, 7) is 6.76. The van der Waals surface area contributed by atoms with Crippen molar-refractivity contribution in [2.75, 3.05) is 11.4 Å². The van der Waals surface area contributed by atoms with Gasteiger partial charge in [-0.15, -0.1) is 0 Å². The molecule has 8 heteroatoms. The van der Waals surface area contributed by atoms with Crippen LogP contribution >= 0.6 is 11.3 Å². The molecule has 0 aliphatic carbocycles. The van der Waals surface area contributed by atoms with E-state index in [2.05, 4.69) is 38.2 Å². The van der Waals surface area contributed by atoms with E-state index in [1.807, 2.05) is 45.2 Å². The topological polar surface area (TPSA) is 85.0 Å². The molecule has 0 amide bonds. The number of Topliss-reactive ketones (excluding diaryl/α,β-unsaturated/α-hetero) is 1. The summed E-state index contributed by atoms with van der Waals surface area (Å²) in [5, 5.41) is 4.80. The van der Waals surface area contributed by atoms with Gasteiger partial charge in [0.1, 0.15) is 0 Å². The third kappa shape index (κ3) is 4.27. The lowest BCUT2D eigenvalue weighted by Crippen LogP contribution is -2.36. The average Bonchev–Trinajstić information content (AvgIpc) is 3.56. The highest BCUT2D eigenvalue weighted by Crippen LogP contribution is 2.36. The van der Waals surface area contributed by atoms with Crippen molar-refractivity contribution in [3.63, 3.8) is 0 Å². The van der Waals surface area contributed by atoms with Crippen LogP contribution in [0.2, 0.25) is 0 Å². The first-order valence-electron chi connectivity index (χ1n) is 11.3. The Bertz CT molecular complexity index is 1280. The zero-order valence-electron chi connectivity index (χ0n) is 19.1. The predicted octanol–water partition coefficient (Wildman–Crippen LogP) is 4.88. The Balaban J connectivity index is 1.36. The van der Waals surface area contributed by atoms with Crippen molar-refractivity contribution >= 4 is 32.6 Å². The smallest absolute Gasteiger partial charge is 0.236 e. The Morgan fingerprint density at radius 1 is 1.24 bits per heavy atom. The molecule has 0 radical (unpaired) electrons. The van der Waals surface area contributed by atoms with Crippen molar-refractivity contribution in [1.29, 1.82) is 0 Å². The fourth-order valence-corrected chi connectivity index (χ4v) is 5.40. The normalized spacial score (nSPS) is 16.6. The summed E-state index contributed by atoms with van der Waals surface area (Å²) >= 11 is 1.59. The van der Waals surface area contributed by atoms with Crippen molar-refractivity contribution in [1.82, 2.24) is 20.1 Å². The highest BCUT2D eigenvalue weighted by atomic mass is 32.1. The minimum absolute atomic E-state index is 0.105. The fraction of sp³-hybridized carbons (Fsp3) is 0.400. The van der Waals surface area contributed by atoms with Crippen LogP contribution in [0.4, 0.5) is 5.13 Å². The first-order chi connectivity index (χ1) is 15.9. The van der Waals surface area contributed by atoms with Gasteiger partial charge in [-0.1, -0.05) is 46.8 Å².